The van der Waals surface area contributed by atoms with Gasteiger partial charge in [-0.25, -0.2) is 10.2 Å². The van der Waals surface area contributed by atoms with Crippen molar-refractivity contribution in [2.75, 3.05) is 19.0 Å². The summed E-state index contributed by atoms with van der Waals surface area (Å²) >= 11 is 0. The number of methoxy groups -OCH3 is 1. The van der Waals surface area contributed by atoms with Gasteiger partial charge in [-0.1, -0.05) is 6.07 Å². The smallest absolute Gasteiger partial charge is 0.344 e. The van der Waals surface area contributed by atoms with Crippen molar-refractivity contribution in [2.45, 2.75) is 26.9 Å². The van der Waals surface area contributed by atoms with Crippen molar-refractivity contribution in [3.8, 4) is 11.5 Å². The average molecular weight is 399 g/mol. The van der Waals surface area contributed by atoms with Gasteiger partial charge in [0, 0.05) is 5.69 Å². The number of carbonyl (C=O) groups excluding carboxylic acids is 1. The summed E-state index contributed by atoms with van der Waals surface area (Å²) in [6.07, 6.45) is 0.452. The number of carboxylic acid groups (broad SMARTS) is 1. The molecule has 0 saturated carbocycles. The highest BCUT2D eigenvalue weighted by molar-refractivity contribution is 5.85. The molecule has 0 radical (unpaired) electrons. The lowest BCUT2D eigenvalue weighted by atomic mass is 10.1. The quantitative estimate of drug-likeness (QED) is 0.442. The molecule has 0 aliphatic rings. The molecule has 1 amide bonds. The van der Waals surface area contributed by atoms with Gasteiger partial charge in [0.1, 0.15) is 0 Å². The third-order valence-corrected chi connectivity index (χ3v) is 4.20. The first-order valence-corrected chi connectivity index (χ1v) is 9.00. The number of ether oxygens (including phenoxy) is 2. The van der Waals surface area contributed by atoms with Crippen LogP contribution in [0.15, 0.2) is 41.5 Å². The Labute approximate surface area is 169 Å². The van der Waals surface area contributed by atoms with Gasteiger partial charge in [0.25, 0.3) is 5.91 Å². The fraction of sp³-hybridized carbons (Fsp3) is 0.286. The molecule has 29 heavy (non-hydrogen) atoms. The first-order chi connectivity index (χ1) is 13.8. The summed E-state index contributed by atoms with van der Waals surface area (Å²) in [5.74, 6) is -0.692. The minimum absolute atomic E-state index is 0.0863. The molecule has 0 unspecified atom stereocenters. The zero-order chi connectivity index (χ0) is 21.4. The highest BCUT2D eigenvalue weighted by atomic mass is 16.5. The number of carboxylic acids is 1. The second-order valence-corrected chi connectivity index (χ2v) is 6.45. The Morgan fingerprint density at radius 1 is 1.14 bits per heavy atom. The van der Waals surface area contributed by atoms with E-state index >= 15 is 0 Å². The number of nitrogens with zero attached hydrogens (tertiary/aromatic N) is 1. The van der Waals surface area contributed by atoms with E-state index in [1.807, 2.05) is 32.0 Å². The molecule has 0 heterocycles. The highest BCUT2D eigenvalue weighted by Crippen LogP contribution is 2.28. The number of hydrogen-bond acceptors (Lipinski definition) is 6. The molecule has 0 fully saturated rings. The predicted molar refractivity (Wildman–Crippen MR) is 111 cm³/mol. The Hall–Kier alpha value is -3.55. The molecule has 1 atom stereocenters. The lowest BCUT2D eigenvalue weighted by Crippen LogP contribution is -2.25. The van der Waals surface area contributed by atoms with Gasteiger partial charge in [-0.15, -0.1) is 0 Å². The van der Waals surface area contributed by atoms with Crippen LogP contribution in [0, 0.1) is 13.8 Å². The molecule has 0 bridgehead atoms. The van der Waals surface area contributed by atoms with Gasteiger partial charge in [0.05, 0.1) is 19.9 Å². The highest BCUT2D eigenvalue weighted by Gasteiger charge is 2.15. The zero-order valence-electron chi connectivity index (χ0n) is 16.9. The number of aryl methyl sites for hydroxylation is 2. The molecule has 2 aromatic rings. The van der Waals surface area contributed by atoms with Crippen molar-refractivity contribution in [1.82, 2.24) is 5.43 Å². The lowest BCUT2D eigenvalue weighted by molar-refractivity contribution is -0.144. The molecule has 2 rings (SSSR count). The number of amides is 1. The zero-order valence-corrected chi connectivity index (χ0v) is 16.9. The van der Waals surface area contributed by atoms with Gasteiger partial charge < -0.3 is 19.9 Å². The first-order valence-electron chi connectivity index (χ1n) is 9.00. The molecule has 0 spiro atoms. The number of rotatable bonds is 9. The van der Waals surface area contributed by atoms with E-state index in [4.69, 9.17) is 14.6 Å². The molecule has 154 valence electrons. The van der Waals surface area contributed by atoms with Crippen LogP contribution in [-0.2, 0) is 9.59 Å². The van der Waals surface area contributed by atoms with Gasteiger partial charge >= 0.3 is 5.97 Å². The van der Waals surface area contributed by atoms with E-state index in [2.05, 4.69) is 15.8 Å². The number of nitrogens with one attached hydrogen (secondary N) is 2. The Morgan fingerprint density at radius 2 is 1.90 bits per heavy atom. The molecule has 0 aliphatic heterocycles. The molecule has 0 aromatic heterocycles. The second kappa shape index (κ2) is 10.1. The van der Waals surface area contributed by atoms with Crippen LogP contribution in [0.1, 0.15) is 23.6 Å². The Kier molecular flexibility index (Phi) is 7.59. The van der Waals surface area contributed by atoms with E-state index in [-0.39, 0.29) is 12.5 Å². The third kappa shape index (κ3) is 6.53. The number of hydrazone groups is 1. The van der Waals surface area contributed by atoms with E-state index in [0.29, 0.717) is 17.1 Å². The summed E-state index contributed by atoms with van der Waals surface area (Å²) in [7, 11) is 1.45. The summed E-state index contributed by atoms with van der Waals surface area (Å²) in [5.41, 5.74) is 6.30. The molecule has 2 aromatic carbocycles. The maximum Gasteiger partial charge on any atom is 0.344 e. The Morgan fingerprint density at radius 3 is 2.55 bits per heavy atom. The van der Waals surface area contributed by atoms with Crippen molar-refractivity contribution in [2.24, 2.45) is 5.10 Å². The van der Waals surface area contributed by atoms with Gasteiger partial charge in [-0.05, 0) is 67.8 Å². The fourth-order valence-corrected chi connectivity index (χ4v) is 2.35. The van der Waals surface area contributed by atoms with Crippen LogP contribution >= 0.6 is 0 Å². The second-order valence-electron chi connectivity index (χ2n) is 6.45. The Bertz CT molecular complexity index is 911. The summed E-state index contributed by atoms with van der Waals surface area (Å²) in [5, 5.41) is 15.9. The van der Waals surface area contributed by atoms with E-state index in [0.717, 1.165) is 11.3 Å². The fourth-order valence-electron chi connectivity index (χ4n) is 2.35. The van der Waals surface area contributed by atoms with Crippen molar-refractivity contribution >= 4 is 23.8 Å². The summed E-state index contributed by atoms with van der Waals surface area (Å²) in [4.78, 5) is 22.9. The lowest BCUT2D eigenvalue weighted by Gasteiger charge is -2.14. The standard InChI is InChI=1S/C21H25N3O5/c1-13-5-7-17(9-14(13)2)22-12-20(25)24-23-11-16-6-8-18(19(10-16)28-4)29-15(3)21(26)27/h5-11,15,22H,12H2,1-4H3,(H,24,25)(H,26,27)/b23-11-/t15-/m1/s1. The van der Waals surface area contributed by atoms with E-state index < -0.39 is 12.1 Å². The molecule has 0 aliphatic carbocycles. The molecular formula is C21H25N3O5. The number of carbonyl (C=O) groups is 2. The molecular weight excluding hydrogens is 374 g/mol. The van der Waals surface area contributed by atoms with Gasteiger partial charge in [0.2, 0.25) is 0 Å². The normalized spacial score (nSPS) is 11.7. The largest absolute Gasteiger partial charge is 0.493 e. The minimum Gasteiger partial charge on any atom is -0.493 e. The number of hydrogen-bond donors (Lipinski definition) is 3. The van der Waals surface area contributed by atoms with Crippen LogP contribution in [0.2, 0.25) is 0 Å². The summed E-state index contributed by atoms with van der Waals surface area (Å²) < 4.78 is 10.6. The van der Waals surface area contributed by atoms with E-state index in [1.165, 1.54) is 25.8 Å². The van der Waals surface area contributed by atoms with Crippen LogP contribution in [-0.4, -0.2) is 43.0 Å². The van der Waals surface area contributed by atoms with Crippen LogP contribution < -0.4 is 20.2 Å². The van der Waals surface area contributed by atoms with Crippen LogP contribution in [0.5, 0.6) is 11.5 Å². The van der Waals surface area contributed by atoms with E-state index in [9.17, 15) is 9.59 Å². The van der Waals surface area contributed by atoms with Gasteiger partial charge in [-0.3, -0.25) is 4.79 Å². The van der Waals surface area contributed by atoms with Gasteiger partial charge in [0.15, 0.2) is 17.6 Å². The van der Waals surface area contributed by atoms with Crippen LogP contribution in [0.4, 0.5) is 5.69 Å². The minimum atomic E-state index is -1.07. The van der Waals surface area contributed by atoms with Gasteiger partial charge in [-0.2, -0.15) is 5.10 Å². The molecule has 0 saturated heterocycles. The average Bonchev–Trinajstić information content (AvgIpc) is 2.69. The molecule has 8 heteroatoms. The topological polar surface area (TPSA) is 109 Å². The van der Waals surface area contributed by atoms with Crippen LogP contribution in [0.3, 0.4) is 0 Å². The summed E-state index contributed by atoms with van der Waals surface area (Å²) in [6, 6.07) is 10.8. The SMILES string of the molecule is COc1cc(/C=N\NC(=O)CNc2ccc(C)c(C)c2)ccc1O[C@H](C)C(=O)O. The van der Waals surface area contributed by atoms with Crippen molar-refractivity contribution in [3.63, 3.8) is 0 Å². The summed E-state index contributed by atoms with van der Waals surface area (Å²) in [6.45, 7) is 5.56. The molecule has 3 N–H and O–H groups in total. The van der Waals surface area contributed by atoms with Crippen molar-refractivity contribution in [3.05, 3.63) is 53.1 Å². The maximum atomic E-state index is 11.9. The Balaban J connectivity index is 1.90. The number of aliphatic carboxylic acids is 1. The van der Waals surface area contributed by atoms with Crippen LogP contribution in [0.25, 0.3) is 0 Å². The third-order valence-electron chi connectivity index (χ3n) is 4.20. The van der Waals surface area contributed by atoms with Crippen molar-refractivity contribution in [1.29, 1.82) is 0 Å². The predicted octanol–water partition coefficient (Wildman–Crippen LogP) is 2.73. The number of anilines is 1. The monoisotopic (exact) mass is 399 g/mol. The maximum absolute atomic E-state index is 11.9. The number of benzene rings is 2. The van der Waals surface area contributed by atoms with Crippen molar-refractivity contribution < 1.29 is 24.2 Å². The molecule has 8 nitrogen and oxygen atoms in total. The van der Waals surface area contributed by atoms with E-state index in [1.54, 1.807) is 18.2 Å². The first kappa shape index (κ1) is 21.7.